The molecule has 1 aromatic heterocycles. The third-order valence-corrected chi connectivity index (χ3v) is 3.10. The van der Waals surface area contributed by atoms with E-state index in [0.717, 1.165) is 11.3 Å². The first-order valence-electron chi connectivity index (χ1n) is 4.60. The van der Waals surface area contributed by atoms with Gasteiger partial charge in [-0.2, -0.15) is 0 Å². The number of hydrogen-bond acceptors (Lipinski definition) is 4. The molecule has 0 bridgehead atoms. The van der Waals surface area contributed by atoms with Crippen LogP contribution in [0.25, 0.3) is 0 Å². The van der Waals surface area contributed by atoms with Crippen molar-refractivity contribution in [2.75, 3.05) is 0 Å². The Morgan fingerprint density at radius 1 is 1.64 bits per heavy atom. The molecule has 1 unspecified atom stereocenters. The molecule has 0 aliphatic heterocycles. The molecular formula is C9H14N2O2S. The molecule has 0 aliphatic rings. The molecule has 78 valence electrons. The second kappa shape index (κ2) is 5.07. The fourth-order valence-electron chi connectivity index (χ4n) is 0.979. The van der Waals surface area contributed by atoms with E-state index in [4.69, 9.17) is 0 Å². The van der Waals surface area contributed by atoms with Crippen LogP contribution in [0.5, 0.6) is 0 Å². The zero-order valence-electron chi connectivity index (χ0n) is 8.32. The summed E-state index contributed by atoms with van der Waals surface area (Å²) < 4.78 is 0. The van der Waals surface area contributed by atoms with Crippen LogP contribution in [0.15, 0.2) is 12.1 Å². The van der Waals surface area contributed by atoms with E-state index in [1.165, 1.54) is 11.3 Å². The monoisotopic (exact) mass is 214 g/mol. The van der Waals surface area contributed by atoms with E-state index < -0.39 is 0 Å². The van der Waals surface area contributed by atoms with Crippen molar-refractivity contribution in [2.24, 2.45) is 0 Å². The summed E-state index contributed by atoms with van der Waals surface area (Å²) in [5.41, 5.74) is 0. The quantitative estimate of drug-likeness (QED) is 0.605. The number of rotatable bonds is 5. The molecule has 0 aromatic carbocycles. The van der Waals surface area contributed by atoms with Crippen LogP contribution in [0.1, 0.15) is 25.1 Å². The topological polar surface area (TPSA) is 55.2 Å². The number of nitrogens with zero attached hydrogens (tertiary/aromatic N) is 1. The van der Waals surface area contributed by atoms with Gasteiger partial charge in [0.25, 0.3) is 0 Å². The van der Waals surface area contributed by atoms with Crippen molar-refractivity contribution in [3.8, 4) is 0 Å². The lowest BCUT2D eigenvalue weighted by atomic mass is 10.2. The van der Waals surface area contributed by atoms with Gasteiger partial charge in [-0.15, -0.1) is 0 Å². The van der Waals surface area contributed by atoms with Crippen LogP contribution < -0.4 is 5.32 Å². The lowest BCUT2D eigenvalue weighted by Crippen LogP contribution is -2.23. The van der Waals surface area contributed by atoms with E-state index in [1.807, 2.05) is 0 Å². The fourth-order valence-corrected chi connectivity index (χ4v) is 1.75. The molecule has 0 radical (unpaired) electrons. The van der Waals surface area contributed by atoms with E-state index in [-0.39, 0.29) is 9.92 Å². The fraction of sp³-hybridized carbons (Fsp3) is 0.556. The SMILES string of the molecule is CCC(C)NCc1ccc([N+](=O)[O-])s1. The molecule has 0 fully saturated rings. The Kier molecular flexibility index (Phi) is 4.03. The van der Waals surface area contributed by atoms with Gasteiger partial charge in [0.1, 0.15) is 0 Å². The van der Waals surface area contributed by atoms with Crippen molar-refractivity contribution in [1.29, 1.82) is 0 Å². The largest absolute Gasteiger partial charge is 0.324 e. The van der Waals surface area contributed by atoms with Crippen LogP contribution in [0.4, 0.5) is 5.00 Å². The van der Waals surface area contributed by atoms with Gasteiger partial charge in [0.15, 0.2) is 0 Å². The number of nitrogens with one attached hydrogen (secondary N) is 1. The summed E-state index contributed by atoms with van der Waals surface area (Å²) in [6.45, 7) is 4.92. The van der Waals surface area contributed by atoms with E-state index in [0.29, 0.717) is 12.6 Å². The Hall–Kier alpha value is -0.940. The third kappa shape index (κ3) is 3.08. The average Bonchev–Trinajstić information content (AvgIpc) is 2.62. The maximum Gasteiger partial charge on any atom is 0.324 e. The highest BCUT2D eigenvalue weighted by Gasteiger charge is 2.09. The van der Waals surface area contributed by atoms with Gasteiger partial charge in [0.05, 0.1) is 4.92 Å². The zero-order valence-corrected chi connectivity index (χ0v) is 9.13. The van der Waals surface area contributed by atoms with Crippen LogP contribution in [-0.4, -0.2) is 11.0 Å². The summed E-state index contributed by atoms with van der Waals surface area (Å²) in [5.74, 6) is 0. The van der Waals surface area contributed by atoms with Crippen LogP contribution in [0.3, 0.4) is 0 Å². The van der Waals surface area contributed by atoms with Gasteiger partial charge in [0.2, 0.25) is 0 Å². The van der Waals surface area contributed by atoms with Gasteiger partial charge < -0.3 is 5.32 Å². The van der Waals surface area contributed by atoms with E-state index in [9.17, 15) is 10.1 Å². The average molecular weight is 214 g/mol. The summed E-state index contributed by atoms with van der Waals surface area (Å²) in [7, 11) is 0. The smallest absolute Gasteiger partial charge is 0.309 e. The van der Waals surface area contributed by atoms with Crippen molar-refractivity contribution < 1.29 is 4.92 Å². The van der Waals surface area contributed by atoms with Crippen LogP contribution in [0, 0.1) is 10.1 Å². The van der Waals surface area contributed by atoms with E-state index >= 15 is 0 Å². The van der Waals surface area contributed by atoms with Crippen LogP contribution in [-0.2, 0) is 6.54 Å². The Morgan fingerprint density at radius 2 is 2.36 bits per heavy atom. The van der Waals surface area contributed by atoms with Gasteiger partial charge >= 0.3 is 5.00 Å². The minimum atomic E-state index is -0.350. The van der Waals surface area contributed by atoms with Crippen molar-refractivity contribution in [1.82, 2.24) is 5.32 Å². The lowest BCUT2D eigenvalue weighted by molar-refractivity contribution is -0.380. The number of nitro groups is 1. The molecule has 1 heterocycles. The maximum atomic E-state index is 10.4. The second-order valence-electron chi connectivity index (χ2n) is 3.19. The Balaban J connectivity index is 2.48. The molecule has 0 saturated carbocycles. The maximum absolute atomic E-state index is 10.4. The molecule has 5 heteroatoms. The van der Waals surface area contributed by atoms with Crippen molar-refractivity contribution in [2.45, 2.75) is 32.9 Å². The summed E-state index contributed by atoms with van der Waals surface area (Å²) in [5, 5.41) is 13.9. The Morgan fingerprint density at radius 3 is 2.86 bits per heavy atom. The minimum absolute atomic E-state index is 0.214. The van der Waals surface area contributed by atoms with Gasteiger partial charge in [-0.25, -0.2) is 0 Å². The number of thiophene rings is 1. The molecule has 0 saturated heterocycles. The molecule has 4 nitrogen and oxygen atoms in total. The standard InChI is InChI=1S/C9H14N2O2S/c1-3-7(2)10-6-8-4-5-9(14-8)11(12)13/h4-5,7,10H,3,6H2,1-2H3. The summed E-state index contributed by atoms with van der Waals surface area (Å²) >= 11 is 1.23. The second-order valence-corrected chi connectivity index (χ2v) is 4.33. The predicted molar refractivity (Wildman–Crippen MR) is 57.6 cm³/mol. The Labute approximate surface area is 87.1 Å². The van der Waals surface area contributed by atoms with Crippen molar-refractivity contribution in [3.05, 3.63) is 27.1 Å². The molecule has 0 amide bonds. The molecule has 1 N–H and O–H groups in total. The molecule has 1 rings (SSSR count). The normalized spacial score (nSPS) is 12.7. The van der Waals surface area contributed by atoms with E-state index in [1.54, 1.807) is 12.1 Å². The Bertz CT molecular complexity index is 312. The van der Waals surface area contributed by atoms with Crippen LogP contribution >= 0.6 is 11.3 Å². The molecule has 1 aromatic rings. The number of hydrogen-bond donors (Lipinski definition) is 1. The molecule has 0 spiro atoms. The third-order valence-electron chi connectivity index (χ3n) is 2.06. The highest BCUT2D eigenvalue weighted by Crippen LogP contribution is 2.23. The molecule has 0 aliphatic carbocycles. The van der Waals surface area contributed by atoms with E-state index in [2.05, 4.69) is 19.2 Å². The highest BCUT2D eigenvalue weighted by molar-refractivity contribution is 7.15. The predicted octanol–water partition coefficient (Wildman–Crippen LogP) is 2.54. The minimum Gasteiger partial charge on any atom is -0.309 e. The van der Waals surface area contributed by atoms with Gasteiger partial charge in [-0.3, -0.25) is 10.1 Å². The molecular weight excluding hydrogens is 200 g/mol. The van der Waals surface area contributed by atoms with Crippen molar-refractivity contribution >= 4 is 16.3 Å². The molecule has 1 atom stereocenters. The van der Waals surface area contributed by atoms with Crippen LogP contribution in [0.2, 0.25) is 0 Å². The van der Waals surface area contributed by atoms with Gasteiger partial charge in [0, 0.05) is 23.5 Å². The van der Waals surface area contributed by atoms with Gasteiger partial charge in [-0.05, 0) is 19.4 Å². The zero-order chi connectivity index (χ0) is 10.6. The summed E-state index contributed by atoms with van der Waals surface area (Å²) in [4.78, 5) is 11.1. The lowest BCUT2D eigenvalue weighted by Gasteiger charge is -2.08. The highest BCUT2D eigenvalue weighted by atomic mass is 32.1. The first kappa shape index (κ1) is 11.1. The van der Waals surface area contributed by atoms with Gasteiger partial charge in [-0.1, -0.05) is 18.3 Å². The first-order valence-corrected chi connectivity index (χ1v) is 5.41. The summed E-state index contributed by atoms with van der Waals surface area (Å²) in [6, 6.07) is 3.81. The van der Waals surface area contributed by atoms with Crippen molar-refractivity contribution in [3.63, 3.8) is 0 Å². The first-order chi connectivity index (χ1) is 6.63. The molecule has 14 heavy (non-hydrogen) atoms. The summed E-state index contributed by atoms with van der Waals surface area (Å²) in [6.07, 6.45) is 1.06.